The van der Waals surface area contributed by atoms with Crippen LogP contribution in [0, 0.1) is 0 Å². The van der Waals surface area contributed by atoms with Gasteiger partial charge in [0.25, 0.3) is 0 Å². The van der Waals surface area contributed by atoms with Crippen LogP contribution in [0.25, 0.3) is 11.3 Å². The van der Waals surface area contributed by atoms with Crippen LogP contribution in [0.1, 0.15) is 31.3 Å². The smallest absolute Gasteiger partial charge is 0.374 e. The van der Waals surface area contributed by atoms with Crippen LogP contribution >= 0.6 is 15.9 Å². The van der Waals surface area contributed by atoms with E-state index in [0.29, 0.717) is 10.2 Å². The van der Waals surface area contributed by atoms with Crippen LogP contribution in [0.2, 0.25) is 0 Å². The molecule has 0 spiro atoms. The fraction of sp³-hybridized carbons (Fsp3) is 0.286. The number of rotatable bonds is 2. The molecule has 4 nitrogen and oxygen atoms in total. The summed E-state index contributed by atoms with van der Waals surface area (Å²) in [6.45, 7) is 5.44. The van der Waals surface area contributed by atoms with Gasteiger partial charge in [-0.05, 0) is 48.8 Å². The van der Waals surface area contributed by atoms with Gasteiger partial charge in [0, 0.05) is 24.0 Å². The molecule has 0 N–H and O–H groups in total. The number of furan rings is 1. The maximum Gasteiger partial charge on any atom is 0.374 e. The molecule has 0 aliphatic heterocycles. The first kappa shape index (κ1) is 13.8. The summed E-state index contributed by atoms with van der Waals surface area (Å²) in [6.07, 6.45) is 3.33. The van der Waals surface area contributed by atoms with Crippen molar-refractivity contribution in [1.82, 2.24) is 4.98 Å². The lowest BCUT2D eigenvalue weighted by molar-refractivity contribution is 0.00369. The first-order valence-electron chi connectivity index (χ1n) is 5.80. The molecule has 2 heterocycles. The van der Waals surface area contributed by atoms with E-state index in [2.05, 4.69) is 20.9 Å². The number of carbonyl (C=O) groups excluding carboxylic acids is 1. The second-order valence-electron chi connectivity index (χ2n) is 5.03. The molecule has 2 aromatic rings. The van der Waals surface area contributed by atoms with Crippen molar-refractivity contribution in [3.8, 4) is 11.3 Å². The van der Waals surface area contributed by atoms with E-state index in [1.54, 1.807) is 18.5 Å². The van der Waals surface area contributed by atoms with Crippen LogP contribution in [0.3, 0.4) is 0 Å². The minimum atomic E-state index is -0.548. The summed E-state index contributed by atoms with van der Waals surface area (Å²) < 4.78 is 11.5. The molecule has 2 rings (SSSR count). The van der Waals surface area contributed by atoms with Gasteiger partial charge in [0.1, 0.15) is 11.4 Å². The normalized spacial score (nSPS) is 11.4. The quantitative estimate of drug-likeness (QED) is 0.782. The molecule has 100 valence electrons. The third-order valence-electron chi connectivity index (χ3n) is 2.23. The van der Waals surface area contributed by atoms with Crippen molar-refractivity contribution < 1.29 is 13.9 Å². The first-order valence-corrected chi connectivity index (χ1v) is 6.59. The van der Waals surface area contributed by atoms with Crippen LogP contribution in [0.4, 0.5) is 0 Å². The van der Waals surface area contributed by atoms with E-state index in [-0.39, 0.29) is 5.76 Å². The summed E-state index contributed by atoms with van der Waals surface area (Å²) in [4.78, 5) is 15.9. The van der Waals surface area contributed by atoms with Gasteiger partial charge in [0.2, 0.25) is 5.76 Å². The number of halogens is 1. The van der Waals surface area contributed by atoms with Crippen molar-refractivity contribution in [2.45, 2.75) is 26.4 Å². The number of nitrogens with zero attached hydrogens (tertiary/aromatic N) is 1. The Hall–Kier alpha value is -1.62. The molecule has 19 heavy (non-hydrogen) atoms. The lowest BCUT2D eigenvalue weighted by atomic mass is 10.2. The van der Waals surface area contributed by atoms with Gasteiger partial charge >= 0.3 is 5.97 Å². The van der Waals surface area contributed by atoms with Gasteiger partial charge in [-0.15, -0.1) is 0 Å². The molecule has 0 atom stereocenters. The Morgan fingerprint density at radius 3 is 2.53 bits per heavy atom. The molecule has 0 saturated heterocycles. The molecule has 0 aromatic carbocycles. The van der Waals surface area contributed by atoms with Crippen LogP contribution < -0.4 is 0 Å². The molecule has 0 radical (unpaired) electrons. The number of aromatic nitrogens is 1. The molecule has 0 bridgehead atoms. The van der Waals surface area contributed by atoms with Crippen molar-refractivity contribution in [1.29, 1.82) is 0 Å². The largest absolute Gasteiger partial charge is 0.454 e. The number of pyridine rings is 1. The standard InChI is InChI=1S/C14H14BrNO3/c1-14(2,3)19-13(17)11-8-10(15)12(18-11)9-4-6-16-7-5-9/h4-8H,1-3H3. The Morgan fingerprint density at radius 1 is 1.32 bits per heavy atom. The molecule has 0 aliphatic carbocycles. The predicted molar refractivity (Wildman–Crippen MR) is 74.8 cm³/mol. The number of ether oxygens (including phenoxy) is 1. The van der Waals surface area contributed by atoms with Gasteiger partial charge in [0.05, 0.1) is 4.47 Å². The number of hydrogen-bond donors (Lipinski definition) is 0. The van der Waals surface area contributed by atoms with Gasteiger partial charge in [-0.1, -0.05) is 0 Å². The number of carbonyl (C=O) groups is 1. The van der Waals surface area contributed by atoms with Crippen molar-refractivity contribution in [3.05, 3.63) is 40.8 Å². The average molecular weight is 324 g/mol. The molecule has 0 fully saturated rings. The van der Waals surface area contributed by atoms with Crippen LogP contribution in [0.5, 0.6) is 0 Å². The van der Waals surface area contributed by atoms with Crippen molar-refractivity contribution >= 4 is 21.9 Å². The highest BCUT2D eigenvalue weighted by Gasteiger charge is 2.22. The molecular formula is C14H14BrNO3. The molecule has 0 aliphatic rings. The summed E-state index contributed by atoms with van der Waals surface area (Å²) in [6, 6.07) is 5.23. The Bertz CT molecular complexity index is 584. The predicted octanol–water partition coefficient (Wildman–Crippen LogP) is 4.06. The Balaban J connectivity index is 2.29. The second-order valence-corrected chi connectivity index (χ2v) is 5.88. The maximum atomic E-state index is 11.9. The van der Waals surface area contributed by atoms with Crippen molar-refractivity contribution in [2.24, 2.45) is 0 Å². The van der Waals surface area contributed by atoms with E-state index in [1.165, 1.54) is 0 Å². The lowest BCUT2D eigenvalue weighted by Gasteiger charge is -2.18. The zero-order valence-electron chi connectivity index (χ0n) is 10.9. The summed E-state index contributed by atoms with van der Waals surface area (Å²) in [5, 5.41) is 0. The van der Waals surface area contributed by atoms with Crippen LogP contribution in [-0.4, -0.2) is 16.6 Å². The summed E-state index contributed by atoms with van der Waals surface area (Å²) in [5.41, 5.74) is 0.296. The third kappa shape index (κ3) is 3.44. The average Bonchev–Trinajstić information content (AvgIpc) is 2.70. The summed E-state index contributed by atoms with van der Waals surface area (Å²) in [7, 11) is 0. The molecule has 0 saturated carbocycles. The summed E-state index contributed by atoms with van der Waals surface area (Å²) >= 11 is 3.38. The number of esters is 1. The Kier molecular flexibility index (Phi) is 3.75. The second kappa shape index (κ2) is 5.17. The van der Waals surface area contributed by atoms with Gasteiger partial charge in [0.15, 0.2) is 0 Å². The maximum absolute atomic E-state index is 11.9. The molecular weight excluding hydrogens is 310 g/mol. The SMILES string of the molecule is CC(C)(C)OC(=O)c1cc(Br)c(-c2ccncc2)o1. The van der Waals surface area contributed by atoms with Crippen LogP contribution in [-0.2, 0) is 4.74 Å². The van der Waals surface area contributed by atoms with Gasteiger partial charge in [-0.2, -0.15) is 0 Å². The van der Waals surface area contributed by atoms with E-state index in [4.69, 9.17) is 9.15 Å². The minimum Gasteiger partial charge on any atom is -0.454 e. The Labute approximate surface area is 119 Å². The number of hydrogen-bond acceptors (Lipinski definition) is 4. The van der Waals surface area contributed by atoms with E-state index in [0.717, 1.165) is 5.56 Å². The molecule has 5 heteroatoms. The van der Waals surface area contributed by atoms with Crippen molar-refractivity contribution in [3.63, 3.8) is 0 Å². The van der Waals surface area contributed by atoms with Gasteiger partial charge < -0.3 is 9.15 Å². The zero-order chi connectivity index (χ0) is 14.0. The fourth-order valence-electron chi connectivity index (χ4n) is 1.50. The molecule has 0 amide bonds. The zero-order valence-corrected chi connectivity index (χ0v) is 12.5. The lowest BCUT2D eigenvalue weighted by Crippen LogP contribution is -2.23. The molecule has 2 aromatic heterocycles. The van der Waals surface area contributed by atoms with E-state index in [9.17, 15) is 4.79 Å². The van der Waals surface area contributed by atoms with Crippen molar-refractivity contribution in [2.75, 3.05) is 0 Å². The third-order valence-corrected chi connectivity index (χ3v) is 2.82. The van der Waals surface area contributed by atoms with Gasteiger partial charge in [-0.3, -0.25) is 4.98 Å². The van der Waals surface area contributed by atoms with E-state index < -0.39 is 11.6 Å². The highest BCUT2D eigenvalue weighted by molar-refractivity contribution is 9.10. The minimum absolute atomic E-state index is 0.175. The highest BCUT2D eigenvalue weighted by Crippen LogP contribution is 2.31. The van der Waals surface area contributed by atoms with E-state index in [1.807, 2.05) is 32.9 Å². The van der Waals surface area contributed by atoms with Gasteiger partial charge in [-0.25, -0.2) is 4.79 Å². The van der Waals surface area contributed by atoms with Crippen LogP contribution in [0.15, 0.2) is 39.5 Å². The molecule has 0 unspecified atom stereocenters. The van der Waals surface area contributed by atoms with E-state index >= 15 is 0 Å². The topological polar surface area (TPSA) is 52.3 Å². The highest BCUT2D eigenvalue weighted by atomic mass is 79.9. The monoisotopic (exact) mass is 323 g/mol. The fourth-order valence-corrected chi connectivity index (χ4v) is 2.02. The first-order chi connectivity index (χ1) is 8.87. The summed E-state index contributed by atoms with van der Waals surface area (Å²) in [5.74, 6) is 0.283. The Morgan fingerprint density at radius 2 is 1.95 bits per heavy atom.